The molecule has 2 aliphatic rings. The lowest BCUT2D eigenvalue weighted by Crippen LogP contribution is -2.40. The van der Waals surface area contributed by atoms with Gasteiger partial charge in [-0.1, -0.05) is 30.3 Å². The molecule has 42 heavy (non-hydrogen) atoms. The molecule has 0 aliphatic carbocycles. The van der Waals surface area contributed by atoms with E-state index >= 15 is 0 Å². The molecule has 6 rings (SSSR count). The molecule has 3 aromatic carbocycles. The van der Waals surface area contributed by atoms with Gasteiger partial charge < -0.3 is 14.1 Å². The van der Waals surface area contributed by atoms with Crippen molar-refractivity contribution in [3.63, 3.8) is 0 Å². The van der Waals surface area contributed by atoms with Gasteiger partial charge in [0.15, 0.2) is 5.58 Å². The minimum Gasteiger partial charge on any atom is -0.457 e. The van der Waals surface area contributed by atoms with Gasteiger partial charge in [-0.3, -0.25) is 14.8 Å². The molecule has 1 aromatic heterocycles. The summed E-state index contributed by atoms with van der Waals surface area (Å²) in [4.78, 5) is 33.5. The minimum atomic E-state index is -4.32. The number of fused-ring (bicyclic) bond motifs is 1. The fourth-order valence-corrected chi connectivity index (χ4v) is 5.36. The summed E-state index contributed by atoms with van der Waals surface area (Å²) in [7, 11) is 0. The first-order valence-corrected chi connectivity index (χ1v) is 12.9. The maximum Gasteiger partial charge on any atom is 0.417 e. The van der Waals surface area contributed by atoms with Crippen molar-refractivity contribution in [2.45, 2.75) is 31.5 Å². The van der Waals surface area contributed by atoms with E-state index < -0.39 is 42.8 Å². The van der Waals surface area contributed by atoms with E-state index in [-0.39, 0.29) is 23.3 Å². The van der Waals surface area contributed by atoms with Gasteiger partial charge in [0, 0.05) is 23.6 Å². The molecule has 7 nitrogen and oxygen atoms in total. The first kappa shape index (κ1) is 27.4. The second-order valence-corrected chi connectivity index (χ2v) is 10.3. The normalized spacial score (nSPS) is 17.3. The molecule has 3 heterocycles. The number of ether oxygens (including phenoxy) is 1. The summed E-state index contributed by atoms with van der Waals surface area (Å²) in [6, 6.07) is 16.1. The molecule has 216 valence electrons. The third-order valence-electron chi connectivity index (χ3n) is 6.99. The number of halogens is 5. The summed E-state index contributed by atoms with van der Waals surface area (Å²) in [5.41, 5.74) is 2.85. The van der Waals surface area contributed by atoms with Crippen LogP contribution in [-0.4, -0.2) is 46.7 Å². The molecule has 1 atom stereocenters. The monoisotopic (exact) mass is 583 g/mol. The van der Waals surface area contributed by atoms with Crippen molar-refractivity contribution in [1.82, 2.24) is 9.88 Å². The first-order chi connectivity index (χ1) is 19.9. The van der Waals surface area contributed by atoms with Crippen LogP contribution in [0.4, 0.5) is 22.0 Å². The van der Waals surface area contributed by atoms with Crippen molar-refractivity contribution in [3.8, 4) is 11.5 Å². The number of para-hydroxylation sites is 1. The Bertz CT molecular complexity index is 1800. The van der Waals surface area contributed by atoms with E-state index in [2.05, 4.69) is 9.98 Å². The summed E-state index contributed by atoms with van der Waals surface area (Å²) in [5, 5.41) is 0. The van der Waals surface area contributed by atoms with Crippen molar-refractivity contribution in [1.29, 1.82) is 0 Å². The van der Waals surface area contributed by atoms with Crippen LogP contribution in [0.25, 0.3) is 11.1 Å². The van der Waals surface area contributed by atoms with E-state index in [0.29, 0.717) is 39.4 Å². The highest BCUT2D eigenvalue weighted by Gasteiger charge is 2.47. The highest BCUT2D eigenvalue weighted by Crippen LogP contribution is 2.44. The van der Waals surface area contributed by atoms with Crippen LogP contribution < -0.4 is 10.5 Å². The zero-order valence-corrected chi connectivity index (χ0v) is 22.0. The number of H-pyrrole nitrogens is 1. The summed E-state index contributed by atoms with van der Waals surface area (Å²) in [5.74, 6) is -3.74. The van der Waals surface area contributed by atoms with E-state index in [0.717, 1.165) is 11.8 Å². The number of hydrogen-bond acceptors (Lipinski definition) is 5. The number of carbonyl (C=O) groups excluding carboxylic acids is 1. The number of aromatic nitrogens is 1. The Balaban J connectivity index is 1.33. The molecule has 0 spiro atoms. The summed E-state index contributed by atoms with van der Waals surface area (Å²) in [6.07, 6.45) is -5.38. The molecule has 12 heteroatoms. The van der Waals surface area contributed by atoms with Gasteiger partial charge >= 0.3 is 11.9 Å². The van der Waals surface area contributed by atoms with Crippen LogP contribution in [0.2, 0.25) is 0 Å². The zero-order valence-electron chi connectivity index (χ0n) is 22.0. The minimum absolute atomic E-state index is 0.0116. The van der Waals surface area contributed by atoms with Crippen molar-refractivity contribution in [2.24, 2.45) is 4.99 Å². The molecule has 1 amide bonds. The predicted molar refractivity (Wildman–Crippen MR) is 143 cm³/mol. The Morgan fingerprint density at radius 1 is 0.976 bits per heavy atom. The van der Waals surface area contributed by atoms with Crippen LogP contribution in [0.5, 0.6) is 11.5 Å². The number of aliphatic imine (C=N–C) groups is 1. The van der Waals surface area contributed by atoms with Gasteiger partial charge in [0.2, 0.25) is 0 Å². The molecule has 0 bridgehead atoms. The fraction of sp³-hybridized carbons (Fsp3) is 0.233. The van der Waals surface area contributed by atoms with E-state index in [4.69, 9.17) is 9.15 Å². The van der Waals surface area contributed by atoms with Crippen molar-refractivity contribution in [3.05, 3.63) is 105 Å². The van der Waals surface area contributed by atoms with Gasteiger partial charge in [-0.25, -0.2) is 13.6 Å². The van der Waals surface area contributed by atoms with Gasteiger partial charge in [0.05, 0.1) is 36.8 Å². The van der Waals surface area contributed by atoms with Crippen LogP contribution in [0.1, 0.15) is 29.7 Å². The zero-order chi connectivity index (χ0) is 29.8. The van der Waals surface area contributed by atoms with Crippen LogP contribution in [0.15, 0.2) is 92.1 Å². The van der Waals surface area contributed by atoms with E-state index in [1.807, 2.05) is 0 Å². The number of alkyl halides is 5. The maximum atomic E-state index is 14.3. The molecular weight excluding hydrogens is 561 g/mol. The predicted octanol–water partition coefficient (Wildman–Crippen LogP) is 6.36. The third kappa shape index (κ3) is 5.31. The Labute approximate surface area is 234 Å². The Morgan fingerprint density at radius 2 is 1.64 bits per heavy atom. The van der Waals surface area contributed by atoms with E-state index in [1.54, 1.807) is 42.5 Å². The Kier molecular flexibility index (Phi) is 6.51. The van der Waals surface area contributed by atoms with E-state index in [9.17, 15) is 31.5 Å². The van der Waals surface area contributed by atoms with Gasteiger partial charge in [-0.05, 0) is 47.5 Å². The number of carbonyl (C=O) groups is 1. The summed E-state index contributed by atoms with van der Waals surface area (Å²) >= 11 is 0. The molecule has 1 unspecified atom stereocenters. The highest BCUT2D eigenvalue weighted by molar-refractivity contribution is 6.25. The molecule has 2 aliphatic heterocycles. The SMILES string of the molecule is CC(F)(F)CN1C(=O)C2=C(C(c3cccc4[nH]c(=O)oc34)=NC2)C1c1ccc(Oc2ccc(CC(F)(F)F)cc2)cc1. The van der Waals surface area contributed by atoms with Crippen LogP contribution >= 0.6 is 0 Å². The fourth-order valence-electron chi connectivity index (χ4n) is 5.36. The first-order valence-electron chi connectivity index (χ1n) is 12.9. The molecule has 0 saturated heterocycles. The van der Waals surface area contributed by atoms with Gasteiger partial charge in [0.25, 0.3) is 11.8 Å². The number of rotatable bonds is 7. The third-order valence-corrected chi connectivity index (χ3v) is 6.99. The average Bonchev–Trinajstić information content (AvgIpc) is 3.57. The maximum absolute atomic E-state index is 14.3. The molecule has 0 fully saturated rings. The Hall–Kier alpha value is -4.74. The van der Waals surface area contributed by atoms with Gasteiger partial charge in [0.1, 0.15) is 11.5 Å². The average molecular weight is 584 g/mol. The molecular formula is C30H22F5N3O4. The quantitative estimate of drug-likeness (QED) is 0.257. The summed E-state index contributed by atoms with van der Waals surface area (Å²) in [6.45, 7) is -0.104. The lowest BCUT2D eigenvalue weighted by molar-refractivity contribution is -0.132. The Morgan fingerprint density at radius 3 is 2.29 bits per heavy atom. The lowest BCUT2D eigenvalue weighted by atomic mass is 9.91. The number of hydrogen-bond donors (Lipinski definition) is 1. The molecule has 1 N–H and O–H groups in total. The van der Waals surface area contributed by atoms with Crippen LogP contribution in [0, 0.1) is 0 Å². The van der Waals surface area contributed by atoms with Crippen molar-refractivity contribution >= 4 is 22.7 Å². The smallest absolute Gasteiger partial charge is 0.417 e. The van der Waals surface area contributed by atoms with Crippen molar-refractivity contribution < 1.29 is 35.9 Å². The molecule has 0 saturated carbocycles. The number of aromatic amines is 1. The standard InChI is InChI=1S/C30H22F5N3O4/c1-29(31,32)15-38-25(17-7-11-19(12-8-17)41-18-9-5-16(6-10-18)13-30(33,34)35)23-21(27(38)39)14-36-24(23)20-3-2-4-22-26(20)42-28(40)37-22/h2-12,25H,13-15H2,1H3,(H,37,40). The number of nitrogens with one attached hydrogen (secondary N) is 1. The number of amides is 1. The van der Waals surface area contributed by atoms with Crippen LogP contribution in [-0.2, 0) is 11.2 Å². The molecule has 4 aromatic rings. The number of oxazole rings is 1. The van der Waals surface area contributed by atoms with E-state index in [1.165, 1.54) is 24.3 Å². The van der Waals surface area contributed by atoms with Crippen molar-refractivity contribution in [2.75, 3.05) is 13.1 Å². The van der Waals surface area contributed by atoms with Crippen LogP contribution in [0.3, 0.4) is 0 Å². The van der Waals surface area contributed by atoms with Gasteiger partial charge in [-0.15, -0.1) is 0 Å². The summed E-state index contributed by atoms with van der Waals surface area (Å²) < 4.78 is 77.6. The highest BCUT2D eigenvalue weighted by atomic mass is 19.4. The second kappa shape index (κ2) is 9.97. The topological polar surface area (TPSA) is 87.9 Å². The number of benzene rings is 3. The number of nitrogens with zero attached hydrogens (tertiary/aromatic N) is 2. The lowest BCUT2D eigenvalue weighted by Gasteiger charge is -2.30. The largest absolute Gasteiger partial charge is 0.457 e. The molecule has 0 radical (unpaired) electrons. The van der Waals surface area contributed by atoms with Gasteiger partial charge in [-0.2, -0.15) is 13.2 Å². The second-order valence-electron chi connectivity index (χ2n) is 10.3.